The number of hydrogen-bond acceptors (Lipinski definition) is 2. The van der Waals surface area contributed by atoms with Crippen molar-refractivity contribution in [2.45, 2.75) is 38.8 Å². The van der Waals surface area contributed by atoms with Gasteiger partial charge in [0.05, 0.1) is 6.54 Å². The molecule has 1 aliphatic heterocycles. The number of piperazine rings is 1. The van der Waals surface area contributed by atoms with Crippen LogP contribution in [-0.4, -0.2) is 28.8 Å². The van der Waals surface area contributed by atoms with Gasteiger partial charge < -0.3 is 10.2 Å². The van der Waals surface area contributed by atoms with Gasteiger partial charge in [0.2, 0.25) is 11.8 Å². The van der Waals surface area contributed by atoms with Crippen LogP contribution in [0.15, 0.2) is 22.7 Å². The van der Waals surface area contributed by atoms with Gasteiger partial charge in [0.25, 0.3) is 0 Å². The quantitative estimate of drug-likeness (QED) is 0.901. The summed E-state index contributed by atoms with van der Waals surface area (Å²) in [5.74, 6) is -0.727. The fourth-order valence-corrected chi connectivity index (χ4v) is 3.12. The molecule has 0 saturated carbocycles. The van der Waals surface area contributed by atoms with Crippen LogP contribution in [0.3, 0.4) is 0 Å². The van der Waals surface area contributed by atoms with E-state index in [4.69, 9.17) is 0 Å². The van der Waals surface area contributed by atoms with E-state index >= 15 is 0 Å². The molecule has 0 atom stereocenters. The molecule has 1 heterocycles. The molecule has 21 heavy (non-hydrogen) atoms. The van der Waals surface area contributed by atoms with Crippen LogP contribution >= 0.6 is 15.9 Å². The molecule has 1 N–H and O–H groups in total. The summed E-state index contributed by atoms with van der Waals surface area (Å²) in [4.78, 5) is 26.0. The second-order valence-electron chi connectivity index (χ2n) is 5.14. The second-order valence-corrected chi connectivity index (χ2v) is 6.05. The number of rotatable bonds is 4. The van der Waals surface area contributed by atoms with E-state index in [-0.39, 0.29) is 30.7 Å². The molecule has 1 saturated heterocycles. The molecule has 0 bridgehead atoms. The molecule has 1 aliphatic rings. The number of benzene rings is 1. The Morgan fingerprint density at radius 2 is 2.00 bits per heavy atom. The topological polar surface area (TPSA) is 49.4 Å². The zero-order valence-corrected chi connectivity index (χ0v) is 13.7. The van der Waals surface area contributed by atoms with E-state index in [2.05, 4.69) is 21.2 Å². The van der Waals surface area contributed by atoms with Crippen molar-refractivity contribution in [3.8, 4) is 0 Å². The minimum Gasteiger partial charge on any atom is -0.345 e. The van der Waals surface area contributed by atoms with E-state index in [9.17, 15) is 14.0 Å². The van der Waals surface area contributed by atoms with E-state index in [1.54, 1.807) is 12.1 Å². The van der Waals surface area contributed by atoms with Crippen LogP contribution in [0.1, 0.15) is 32.3 Å². The van der Waals surface area contributed by atoms with Crippen molar-refractivity contribution in [1.82, 2.24) is 10.2 Å². The van der Waals surface area contributed by atoms with Crippen LogP contribution < -0.4 is 5.32 Å². The first-order valence-corrected chi connectivity index (χ1v) is 7.76. The summed E-state index contributed by atoms with van der Waals surface area (Å²) >= 11 is 3.21. The van der Waals surface area contributed by atoms with Gasteiger partial charge in [-0.25, -0.2) is 4.39 Å². The summed E-state index contributed by atoms with van der Waals surface area (Å²) < 4.78 is 14.7. The second kappa shape index (κ2) is 6.13. The van der Waals surface area contributed by atoms with E-state index in [0.717, 1.165) is 0 Å². The van der Waals surface area contributed by atoms with Gasteiger partial charge in [0.15, 0.2) is 0 Å². The summed E-state index contributed by atoms with van der Waals surface area (Å²) in [7, 11) is 0. The predicted molar refractivity (Wildman–Crippen MR) is 81.0 cm³/mol. The van der Waals surface area contributed by atoms with Crippen molar-refractivity contribution >= 4 is 27.7 Å². The molecule has 1 aromatic rings. The summed E-state index contributed by atoms with van der Waals surface area (Å²) in [5, 5.41) is 2.63. The maximum absolute atomic E-state index is 14.0. The number of halogens is 2. The highest BCUT2D eigenvalue weighted by Crippen LogP contribution is 2.30. The maximum Gasteiger partial charge on any atom is 0.246 e. The molecule has 0 aromatic heterocycles. The van der Waals surface area contributed by atoms with Gasteiger partial charge in [-0.3, -0.25) is 9.59 Å². The lowest BCUT2D eigenvalue weighted by Gasteiger charge is -2.45. The van der Waals surface area contributed by atoms with Crippen LogP contribution in [-0.2, 0) is 16.1 Å². The molecule has 0 spiro atoms. The molecule has 4 nitrogen and oxygen atoms in total. The fraction of sp³-hybridized carbons (Fsp3) is 0.467. The Morgan fingerprint density at radius 3 is 2.57 bits per heavy atom. The number of carbonyl (C=O) groups is 2. The Balaban J connectivity index is 2.37. The van der Waals surface area contributed by atoms with Gasteiger partial charge in [0, 0.05) is 16.6 Å². The van der Waals surface area contributed by atoms with Gasteiger partial charge in [0.1, 0.15) is 11.4 Å². The monoisotopic (exact) mass is 356 g/mol. The molecule has 0 radical (unpaired) electrons. The maximum atomic E-state index is 14.0. The average Bonchev–Trinajstić information content (AvgIpc) is 2.46. The third-order valence-electron chi connectivity index (χ3n) is 4.15. The van der Waals surface area contributed by atoms with Crippen LogP contribution in [0.4, 0.5) is 4.39 Å². The summed E-state index contributed by atoms with van der Waals surface area (Å²) in [6.45, 7) is 3.81. The lowest BCUT2D eigenvalue weighted by Crippen LogP contribution is -2.66. The van der Waals surface area contributed by atoms with Gasteiger partial charge in [-0.2, -0.15) is 0 Å². The minimum absolute atomic E-state index is 0.0290. The molecule has 1 fully saturated rings. The predicted octanol–water partition coefficient (Wildman–Crippen LogP) is 2.61. The van der Waals surface area contributed by atoms with E-state index < -0.39 is 5.54 Å². The first kappa shape index (κ1) is 15.9. The first-order valence-electron chi connectivity index (χ1n) is 6.97. The molecule has 0 unspecified atom stereocenters. The van der Waals surface area contributed by atoms with Crippen molar-refractivity contribution in [2.24, 2.45) is 0 Å². The Hall–Kier alpha value is -1.43. The molecule has 114 valence electrons. The highest BCUT2D eigenvalue weighted by Gasteiger charge is 2.46. The van der Waals surface area contributed by atoms with Crippen LogP contribution in [0.25, 0.3) is 0 Å². The highest BCUT2D eigenvalue weighted by molar-refractivity contribution is 9.10. The smallest absolute Gasteiger partial charge is 0.246 e. The standard InChI is InChI=1S/C15H18BrFN2O2/c1-3-15(4-2)14(21)18-8-13(20)19(15)9-10-5-6-11(16)7-12(10)17/h5-7H,3-4,8-9H2,1-2H3,(H,18,21). The summed E-state index contributed by atoms with van der Waals surface area (Å²) in [5.41, 5.74) is -0.484. The molecule has 6 heteroatoms. The van der Waals surface area contributed by atoms with Gasteiger partial charge >= 0.3 is 0 Å². The lowest BCUT2D eigenvalue weighted by atomic mass is 9.87. The van der Waals surface area contributed by atoms with E-state index in [0.29, 0.717) is 22.9 Å². The Morgan fingerprint density at radius 1 is 1.33 bits per heavy atom. The van der Waals surface area contributed by atoms with Gasteiger partial charge in [-0.15, -0.1) is 0 Å². The minimum atomic E-state index is -0.894. The first-order chi connectivity index (χ1) is 9.94. The third kappa shape index (κ3) is 2.81. The SMILES string of the molecule is CCC1(CC)C(=O)NCC(=O)N1Cc1ccc(Br)cc1F. The summed E-state index contributed by atoms with van der Waals surface area (Å²) in [6.07, 6.45) is 0.998. The molecular weight excluding hydrogens is 339 g/mol. The number of nitrogens with one attached hydrogen (secondary N) is 1. The van der Waals surface area contributed by atoms with Gasteiger partial charge in [-0.05, 0) is 25.0 Å². The number of amides is 2. The van der Waals surface area contributed by atoms with E-state index in [1.807, 2.05) is 13.8 Å². The van der Waals surface area contributed by atoms with Crippen molar-refractivity contribution in [3.63, 3.8) is 0 Å². The molecule has 2 rings (SSSR count). The third-order valence-corrected chi connectivity index (χ3v) is 4.65. The van der Waals surface area contributed by atoms with Crippen molar-refractivity contribution in [2.75, 3.05) is 6.54 Å². The number of nitrogens with zero attached hydrogens (tertiary/aromatic N) is 1. The van der Waals surface area contributed by atoms with E-state index in [1.165, 1.54) is 11.0 Å². The molecule has 0 aliphatic carbocycles. The van der Waals surface area contributed by atoms with Crippen LogP contribution in [0.2, 0.25) is 0 Å². The lowest BCUT2D eigenvalue weighted by molar-refractivity contribution is -0.155. The van der Waals surface area contributed by atoms with Crippen LogP contribution in [0, 0.1) is 5.82 Å². The zero-order chi connectivity index (χ0) is 15.6. The average molecular weight is 357 g/mol. The van der Waals surface area contributed by atoms with Crippen molar-refractivity contribution in [3.05, 3.63) is 34.1 Å². The van der Waals surface area contributed by atoms with Crippen molar-refractivity contribution in [1.29, 1.82) is 0 Å². The molecule has 1 aromatic carbocycles. The normalized spacial score (nSPS) is 17.8. The van der Waals surface area contributed by atoms with Crippen molar-refractivity contribution < 1.29 is 14.0 Å². The van der Waals surface area contributed by atoms with Gasteiger partial charge in [-0.1, -0.05) is 35.8 Å². The Kier molecular flexibility index (Phi) is 4.66. The number of carbonyl (C=O) groups excluding carboxylic acids is 2. The largest absolute Gasteiger partial charge is 0.345 e. The fourth-order valence-electron chi connectivity index (χ4n) is 2.79. The highest BCUT2D eigenvalue weighted by atomic mass is 79.9. The van der Waals surface area contributed by atoms with Crippen LogP contribution in [0.5, 0.6) is 0 Å². The zero-order valence-electron chi connectivity index (χ0n) is 12.1. The molecular formula is C15H18BrFN2O2. The summed E-state index contributed by atoms with van der Waals surface area (Å²) in [6, 6.07) is 4.73. The Labute approximate surface area is 131 Å². The number of hydrogen-bond donors (Lipinski definition) is 1. The molecule has 2 amide bonds. The Bertz CT molecular complexity index is 573.